The van der Waals surface area contributed by atoms with Gasteiger partial charge in [0.25, 0.3) is 0 Å². The zero-order valence-electron chi connectivity index (χ0n) is 15.6. The summed E-state index contributed by atoms with van der Waals surface area (Å²) in [5.74, 6) is 0.270. The number of hydrogen-bond donors (Lipinski definition) is 5. The van der Waals surface area contributed by atoms with E-state index in [2.05, 4.69) is 0 Å². The van der Waals surface area contributed by atoms with Crippen LogP contribution in [0.25, 0.3) is 22.1 Å². The van der Waals surface area contributed by atoms with Crippen molar-refractivity contribution in [2.75, 3.05) is 6.61 Å². The minimum atomic E-state index is -1.54. The van der Waals surface area contributed by atoms with Crippen LogP contribution in [0.15, 0.2) is 57.9 Å². The van der Waals surface area contributed by atoms with Crippen molar-refractivity contribution in [1.29, 1.82) is 0 Å². The van der Waals surface area contributed by atoms with Gasteiger partial charge in [-0.3, -0.25) is 4.79 Å². The lowest BCUT2D eigenvalue weighted by atomic mass is 9.99. The fourth-order valence-corrected chi connectivity index (χ4v) is 3.33. The smallest absolute Gasteiger partial charge is 0.229 e. The van der Waals surface area contributed by atoms with E-state index < -0.39 is 37.3 Å². The molecule has 0 saturated carbocycles. The number of fused-ring (bicyclic) bond motifs is 1. The number of ether oxygens (including phenoxy) is 2. The highest BCUT2D eigenvalue weighted by atomic mass is 16.7. The first-order chi connectivity index (χ1) is 14.4. The third-order valence-electron chi connectivity index (χ3n) is 5.02. The molecule has 2 heterocycles. The Morgan fingerprint density at radius 2 is 1.70 bits per heavy atom. The number of rotatable bonds is 4. The maximum Gasteiger partial charge on any atom is 0.229 e. The topological polar surface area (TPSA) is 150 Å². The lowest BCUT2D eigenvalue weighted by Crippen LogP contribution is -2.60. The Morgan fingerprint density at radius 3 is 2.40 bits per heavy atom. The molecular formula is C21H20O9. The maximum absolute atomic E-state index is 12.7. The molecule has 4 rings (SSSR count). The number of hydrogen-bond acceptors (Lipinski definition) is 9. The molecule has 1 aliphatic rings. The summed E-state index contributed by atoms with van der Waals surface area (Å²) in [6, 6.07) is 10.5. The lowest BCUT2D eigenvalue weighted by Gasteiger charge is -2.39. The summed E-state index contributed by atoms with van der Waals surface area (Å²) >= 11 is 0. The molecule has 0 bridgehead atoms. The van der Waals surface area contributed by atoms with Gasteiger partial charge in [-0.2, -0.15) is 0 Å². The molecular weight excluding hydrogens is 396 g/mol. The molecule has 158 valence electrons. The average Bonchev–Trinajstić information content (AvgIpc) is 2.75. The van der Waals surface area contributed by atoms with E-state index in [1.54, 1.807) is 12.1 Å². The van der Waals surface area contributed by atoms with Crippen LogP contribution in [-0.4, -0.2) is 62.8 Å². The predicted octanol–water partition coefficient (Wildman–Crippen LogP) is 0.344. The Bertz CT molecular complexity index is 1090. The maximum atomic E-state index is 12.7. The van der Waals surface area contributed by atoms with Gasteiger partial charge >= 0.3 is 0 Å². The standard InChI is InChI=1S/C21H20O9/c22-8-16-18(25)19(26)20(27)21(30-16)29-12-4-1-10(2-5-12)14-9-28-15-7-11(23)3-6-13(15)17(14)24/h1-7,9,16,18-23,25-27H,8H2/t16-,18-,19+,20-,21-/m1/s1. The Labute approximate surface area is 170 Å². The monoisotopic (exact) mass is 416 g/mol. The number of aliphatic hydroxyl groups is 4. The summed E-state index contributed by atoms with van der Waals surface area (Å²) in [6.45, 7) is -0.556. The van der Waals surface area contributed by atoms with E-state index in [1.807, 2.05) is 0 Å². The van der Waals surface area contributed by atoms with Crippen LogP contribution in [-0.2, 0) is 4.74 Å². The molecule has 3 aromatic rings. The molecule has 5 N–H and O–H groups in total. The second kappa shape index (κ2) is 8.05. The van der Waals surface area contributed by atoms with Crippen molar-refractivity contribution < 1.29 is 39.4 Å². The Hall–Kier alpha value is -2.95. The van der Waals surface area contributed by atoms with Crippen molar-refractivity contribution in [3.05, 3.63) is 59.0 Å². The normalized spacial score (nSPS) is 26.6. The van der Waals surface area contributed by atoms with Crippen LogP contribution < -0.4 is 10.2 Å². The fraction of sp³-hybridized carbons (Fsp3) is 0.286. The molecule has 0 radical (unpaired) electrons. The van der Waals surface area contributed by atoms with E-state index in [4.69, 9.17) is 13.9 Å². The van der Waals surface area contributed by atoms with Crippen LogP contribution in [0, 0.1) is 0 Å². The molecule has 9 heteroatoms. The van der Waals surface area contributed by atoms with Gasteiger partial charge in [0.05, 0.1) is 17.6 Å². The van der Waals surface area contributed by atoms with Gasteiger partial charge in [-0.15, -0.1) is 0 Å². The number of phenolic OH excluding ortho intramolecular Hbond substituents is 1. The van der Waals surface area contributed by atoms with Gasteiger partial charge in [0, 0.05) is 6.07 Å². The first-order valence-electron chi connectivity index (χ1n) is 9.21. The van der Waals surface area contributed by atoms with E-state index in [1.165, 1.54) is 36.6 Å². The van der Waals surface area contributed by atoms with Gasteiger partial charge in [0.15, 0.2) is 5.43 Å². The molecule has 0 aliphatic carbocycles. The van der Waals surface area contributed by atoms with Crippen molar-refractivity contribution in [1.82, 2.24) is 0 Å². The highest BCUT2D eigenvalue weighted by Crippen LogP contribution is 2.27. The first-order valence-corrected chi connectivity index (χ1v) is 9.21. The van der Waals surface area contributed by atoms with E-state index >= 15 is 0 Å². The largest absolute Gasteiger partial charge is 0.508 e. The minimum absolute atomic E-state index is 0.00639. The summed E-state index contributed by atoms with van der Waals surface area (Å²) in [7, 11) is 0. The number of phenols is 1. The molecule has 9 nitrogen and oxygen atoms in total. The summed E-state index contributed by atoms with van der Waals surface area (Å²) < 4.78 is 16.3. The van der Waals surface area contributed by atoms with Crippen molar-refractivity contribution in [2.24, 2.45) is 0 Å². The zero-order valence-corrected chi connectivity index (χ0v) is 15.6. The molecule has 1 aliphatic heterocycles. The van der Waals surface area contributed by atoms with Gasteiger partial charge in [-0.25, -0.2) is 0 Å². The quantitative estimate of drug-likeness (QED) is 0.406. The van der Waals surface area contributed by atoms with E-state index in [0.29, 0.717) is 16.5 Å². The van der Waals surface area contributed by atoms with Gasteiger partial charge in [0.1, 0.15) is 47.8 Å². The molecule has 0 amide bonds. The summed E-state index contributed by atoms with van der Waals surface area (Å²) in [6.07, 6.45) is -5.61. The number of aromatic hydroxyl groups is 1. The zero-order chi connectivity index (χ0) is 21.4. The van der Waals surface area contributed by atoms with E-state index in [0.717, 1.165) is 0 Å². The predicted molar refractivity (Wildman–Crippen MR) is 104 cm³/mol. The van der Waals surface area contributed by atoms with Crippen molar-refractivity contribution in [2.45, 2.75) is 30.7 Å². The highest BCUT2D eigenvalue weighted by Gasteiger charge is 2.44. The van der Waals surface area contributed by atoms with E-state index in [-0.39, 0.29) is 22.5 Å². The van der Waals surface area contributed by atoms with Crippen LogP contribution >= 0.6 is 0 Å². The molecule has 0 unspecified atom stereocenters. The van der Waals surface area contributed by atoms with Crippen molar-refractivity contribution in [3.8, 4) is 22.6 Å². The fourth-order valence-electron chi connectivity index (χ4n) is 3.33. The summed E-state index contributed by atoms with van der Waals surface area (Å²) in [4.78, 5) is 12.7. The van der Waals surface area contributed by atoms with Gasteiger partial charge < -0.3 is 39.4 Å². The lowest BCUT2D eigenvalue weighted by molar-refractivity contribution is -0.277. The SMILES string of the molecule is O=c1c(-c2ccc(O[C@@H]3O[C@H](CO)[C@@H](O)[C@H](O)[C@H]3O)cc2)coc2cc(O)ccc12. The van der Waals surface area contributed by atoms with Gasteiger partial charge in [-0.05, 0) is 29.8 Å². The first kappa shape index (κ1) is 20.3. The minimum Gasteiger partial charge on any atom is -0.508 e. The summed E-state index contributed by atoms with van der Waals surface area (Å²) in [5.41, 5.74) is 0.873. The van der Waals surface area contributed by atoms with Crippen LogP contribution in [0.3, 0.4) is 0 Å². The molecule has 30 heavy (non-hydrogen) atoms. The average molecular weight is 416 g/mol. The van der Waals surface area contributed by atoms with Gasteiger partial charge in [-0.1, -0.05) is 12.1 Å². The molecule has 1 aromatic heterocycles. The number of aliphatic hydroxyl groups excluding tert-OH is 4. The van der Waals surface area contributed by atoms with Crippen LogP contribution in [0.5, 0.6) is 11.5 Å². The highest BCUT2D eigenvalue weighted by molar-refractivity contribution is 5.82. The molecule has 0 spiro atoms. The summed E-state index contributed by atoms with van der Waals surface area (Å²) in [5, 5.41) is 48.8. The Morgan fingerprint density at radius 1 is 0.967 bits per heavy atom. The van der Waals surface area contributed by atoms with E-state index in [9.17, 15) is 30.3 Å². The second-order valence-corrected chi connectivity index (χ2v) is 7.00. The third kappa shape index (κ3) is 3.64. The Kier molecular flexibility index (Phi) is 5.46. The van der Waals surface area contributed by atoms with Gasteiger partial charge in [0.2, 0.25) is 6.29 Å². The van der Waals surface area contributed by atoms with Crippen molar-refractivity contribution >= 4 is 11.0 Å². The van der Waals surface area contributed by atoms with Crippen LogP contribution in [0.4, 0.5) is 0 Å². The third-order valence-corrected chi connectivity index (χ3v) is 5.02. The molecule has 2 aromatic carbocycles. The van der Waals surface area contributed by atoms with Crippen molar-refractivity contribution in [3.63, 3.8) is 0 Å². The molecule has 1 fully saturated rings. The molecule has 5 atom stereocenters. The Balaban J connectivity index is 1.56. The van der Waals surface area contributed by atoms with Crippen LogP contribution in [0.1, 0.15) is 0 Å². The van der Waals surface area contributed by atoms with Crippen LogP contribution in [0.2, 0.25) is 0 Å². The molecule has 1 saturated heterocycles. The second-order valence-electron chi connectivity index (χ2n) is 7.00. The number of benzene rings is 2.